The molecule has 1 saturated heterocycles. The molecule has 4 nitrogen and oxygen atoms in total. The van der Waals surface area contributed by atoms with Gasteiger partial charge in [0.15, 0.2) is 5.78 Å². The SMILES string of the molecule is CNC(=O)C1CCCN(c2ccc(F)cc2C(C)=O)C1. The molecule has 1 aliphatic heterocycles. The fraction of sp³-hybridized carbons (Fsp3) is 0.467. The summed E-state index contributed by atoms with van der Waals surface area (Å²) in [6, 6.07) is 4.24. The van der Waals surface area contributed by atoms with Crippen LogP contribution >= 0.6 is 0 Å². The molecular formula is C15H19FN2O2. The average molecular weight is 278 g/mol. The number of piperidine rings is 1. The van der Waals surface area contributed by atoms with Crippen molar-refractivity contribution in [3.8, 4) is 0 Å². The summed E-state index contributed by atoms with van der Waals surface area (Å²) in [5.41, 5.74) is 1.09. The number of ketones is 1. The predicted octanol–water partition coefficient (Wildman–Crippen LogP) is 1.99. The van der Waals surface area contributed by atoms with Gasteiger partial charge in [0.2, 0.25) is 5.91 Å². The molecule has 1 amide bonds. The van der Waals surface area contributed by atoms with Crippen LogP contribution in [-0.4, -0.2) is 31.8 Å². The zero-order valence-corrected chi connectivity index (χ0v) is 11.8. The Morgan fingerprint density at radius 2 is 2.15 bits per heavy atom. The number of carbonyl (C=O) groups is 2. The summed E-state index contributed by atoms with van der Waals surface area (Å²) >= 11 is 0. The van der Waals surface area contributed by atoms with E-state index in [1.807, 2.05) is 4.90 Å². The summed E-state index contributed by atoms with van der Waals surface area (Å²) in [5, 5.41) is 2.66. The van der Waals surface area contributed by atoms with Gasteiger partial charge in [-0.2, -0.15) is 0 Å². The first kappa shape index (κ1) is 14.5. The highest BCUT2D eigenvalue weighted by Gasteiger charge is 2.26. The Labute approximate surface area is 118 Å². The second kappa shape index (κ2) is 6.03. The molecule has 1 heterocycles. The summed E-state index contributed by atoms with van der Waals surface area (Å²) < 4.78 is 13.3. The van der Waals surface area contributed by atoms with Crippen molar-refractivity contribution in [1.82, 2.24) is 5.32 Å². The van der Waals surface area contributed by atoms with E-state index in [1.165, 1.54) is 19.1 Å². The lowest BCUT2D eigenvalue weighted by Gasteiger charge is -2.34. The van der Waals surface area contributed by atoms with Crippen LogP contribution in [0.5, 0.6) is 0 Å². The lowest BCUT2D eigenvalue weighted by molar-refractivity contribution is -0.124. The van der Waals surface area contributed by atoms with E-state index in [0.29, 0.717) is 17.8 Å². The number of nitrogens with zero attached hydrogens (tertiary/aromatic N) is 1. The van der Waals surface area contributed by atoms with Gasteiger partial charge in [-0.3, -0.25) is 9.59 Å². The Hall–Kier alpha value is -1.91. The molecule has 0 aromatic heterocycles. The molecule has 0 radical (unpaired) electrons. The average Bonchev–Trinajstić information content (AvgIpc) is 2.46. The highest BCUT2D eigenvalue weighted by molar-refractivity contribution is 5.99. The minimum atomic E-state index is -0.418. The van der Waals surface area contributed by atoms with Gasteiger partial charge in [-0.05, 0) is 38.0 Å². The van der Waals surface area contributed by atoms with Crippen LogP contribution in [0.4, 0.5) is 10.1 Å². The third-order valence-electron chi connectivity index (χ3n) is 3.72. The fourth-order valence-electron chi connectivity index (χ4n) is 2.68. The van der Waals surface area contributed by atoms with Gasteiger partial charge < -0.3 is 10.2 Å². The van der Waals surface area contributed by atoms with E-state index < -0.39 is 5.82 Å². The Kier molecular flexibility index (Phi) is 4.37. The standard InChI is InChI=1S/C15H19FN2O2/c1-10(19)13-8-12(16)5-6-14(13)18-7-3-4-11(9-18)15(20)17-2/h5-6,8,11H,3-4,7,9H2,1-2H3,(H,17,20). The molecule has 1 fully saturated rings. The van der Waals surface area contributed by atoms with Gasteiger partial charge in [0, 0.05) is 31.4 Å². The van der Waals surface area contributed by atoms with Crippen LogP contribution in [0.3, 0.4) is 0 Å². The zero-order valence-electron chi connectivity index (χ0n) is 11.8. The molecule has 1 N–H and O–H groups in total. The van der Waals surface area contributed by atoms with Crippen LogP contribution in [0.2, 0.25) is 0 Å². The first-order valence-electron chi connectivity index (χ1n) is 6.80. The highest BCUT2D eigenvalue weighted by atomic mass is 19.1. The Balaban J connectivity index is 2.27. The van der Waals surface area contributed by atoms with Gasteiger partial charge in [0.1, 0.15) is 5.82 Å². The lowest BCUT2D eigenvalue weighted by Crippen LogP contribution is -2.42. The Morgan fingerprint density at radius 3 is 2.80 bits per heavy atom. The van der Waals surface area contributed by atoms with Gasteiger partial charge in [0.05, 0.1) is 5.92 Å². The molecule has 1 unspecified atom stereocenters. The van der Waals surface area contributed by atoms with E-state index in [9.17, 15) is 14.0 Å². The molecule has 108 valence electrons. The molecule has 0 bridgehead atoms. The van der Waals surface area contributed by atoms with E-state index in [4.69, 9.17) is 0 Å². The number of benzene rings is 1. The maximum atomic E-state index is 13.3. The number of anilines is 1. The molecule has 1 atom stereocenters. The molecule has 20 heavy (non-hydrogen) atoms. The van der Waals surface area contributed by atoms with Crippen LogP contribution < -0.4 is 10.2 Å². The van der Waals surface area contributed by atoms with Crippen molar-refractivity contribution in [2.24, 2.45) is 5.92 Å². The first-order valence-corrected chi connectivity index (χ1v) is 6.80. The van der Waals surface area contributed by atoms with Crippen molar-refractivity contribution < 1.29 is 14.0 Å². The van der Waals surface area contributed by atoms with Crippen molar-refractivity contribution in [2.45, 2.75) is 19.8 Å². The summed E-state index contributed by atoms with van der Waals surface area (Å²) in [7, 11) is 1.63. The molecule has 5 heteroatoms. The van der Waals surface area contributed by atoms with Crippen molar-refractivity contribution in [3.63, 3.8) is 0 Å². The van der Waals surface area contributed by atoms with Crippen molar-refractivity contribution >= 4 is 17.4 Å². The second-order valence-electron chi connectivity index (χ2n) is 5.12. The number of amides is 1. The number of hydrogen-bond acceptors (Lipinski definition) is 3. The topological polar surface area (TPSA) is 49.4 Å². The number of Topliss-reactive ketones (excluding diaryl/α,β-unsaturated/α-hetero) is 1. The van der Waals surface area contributed by atoms with Gasteiger partial charge in [-0.1, -0.05) is 0 Å². The largest absolute Gasteiger partial charge is 0.370 e. The van der Waals surface area contributed by atoms with E-state index in [0.717, 1.165) is 19.4 Å². The summed E-state index contributed by atoms with van der Waals surface area (Å²) in [6.45, 7) is 2.77. The maximum absolute atomic E-state index is 13.3. The van der Waals surface area contributed by atoms with Crippen LogP contribution in [0, 0.1) is 11.7 Å². The summed E-state index contributed by atoms with van der Waals surface area (Å²) in [6.07, 6.45) is 1.72. The summed E-state index contributed by atoms with van der Waals surface area (Å²) in [5.74, 6) is -0.653. The molecule has 1 aliphatic rings. The van der Waals surface area contributed by atoms with E-state index in [1.54, 1.807) is 13.1 Å². The number of halogens is 1. The molecule has 1 aromatic rings. The van der Waals surface area contributed by atoms with E-state index >= 15 is 0 Å². The molecule has 0 aliphatic carbocycles. The number of nitrogens with one attached hydrogen (secondary N) is 1. The van der Waals surface area contributed by atoms with E-state index in [2.05, 4.69) is 5.32 Å². The normalized spacial score (nSPS) is 18.8. The highest BCUT2D eigenvalue weighted by Crippen LogP contribution is 2.27. The lowest BCUT2D eigenvalue weighted by atomic mass is 9.95. The monoisotopic (exact) mass is 278 g/mol. The third kappa shape index (κ3) is 2.98. The van der Waals surface area contributed by atoms with Gasteiger partial charge in [-0.15, -0.1) is 0 Å². The molecule has 0 saturated carbocycles. The van der Waals surface area contributed by atoms with Crippen molar-refractivity contribution in [2.75, 3.05) is 25.0 Å². The maximum Gasteiger partial charge on any atom is 0.224 e. The van der Waals surface area contributed by atoms with Crippen LogP contribution in [0.1, 0.15) is 30.1 Å². The van der Waals surface area contributed by atoms with Crippen molar-refractivity contribution in [3.05, 3.63) is 29.6 Å². The van der Waals surface area contributed by atoms with Gasteiger partial charge >= 0.3 is 0 Å². The first-order chi connectivity index (χ1) is 9.52. The number of hydrogen-bond donors (Lipinski definition) is 1. The number of rotatable bonds is 3. The fourth-order valence-corrected chi connectivity index (χ4v) is 2.68. The van der Waals surface area contributed by atoms with Crippen LogP contribution in [-0.2, 0) is 4.79 Å². The van der Waals surface area contributed by atoms with Gasteiger partial charge in [0.25, 0.3) is 0 Å². The quantitative estimate of drug-likeness (QED) is 0.860. The molecule has 0 spiro atoms. The number of carbonyl (C=O) groups excluding carboxylic acids is 2. The minimum Gasteiger partial charge on any atom is -0.370 e. The Morgan fingerprint density at radius 1 is 1.40 bits per heavy atom. The molecule has 2 rings (SSSR count). The zero-order chi connectivity index (χ0) is 14.7. The van der Waals surface area contributed by atoms with Gasteiger partial charge in [-0.25, -0.2) is 4.39 Å². The predicted molar refractivity (Wildman–Crippen MR) is 75.4 cm³/mol. The summed E-state index contributed by atoms with van der Waals surface area (Å²) in [4.78, 5) is 25.4. The Bertz CT molecular complexity index is 531. The third-order valence-corrected chi connectivity index (χ3v) is 3.72. The van der Waals surface area contributed by atoms with Crippen LogP contribution in [0.25, 0.3) is 0 Å². The smallest absolute Gasteiger partial charge is 0.224 e. The van der Waals surface area contributed by atoms with E-state index in [-0.39, 0.29) is 17.6 Å². The molecule has 1 aromatic carbocycles. The molecular weight excluding hydrogens is 259 g/mol. The minimum absolute atomic E-state index is 0.0150. The van der Waals surface area contributed by atoms with Crippen LogP contribution in [0.15, 0.2) is 18.2 Å². The van der Waals surface area contributed by atoms with Crippen molar-refractivity contribution in [1.29, 1.82) is 0 Å². The second-order valence-corrected chi connectivity index (χ2v) is 5.12.